The van der Waals surface area contributed by atoms with Gasteiger partial charge >= 0.3 is 17.8 Å². The van der Waals surface area contributed by atoms with E-state index in [1.54, 1.807) is 36.4 Å². The molecule has 1 heterocycles. The molecule has 0 saturated carbocycles. The number of fused-ring (bicyclic) bond motifs is 1. The van der Waals surface area contributed by atoms with Crippen LogP contribution in [0.5, 0.6) is 0 Å². The van der Waals surface area contributed by atoms with Gasteiger partial charge in [-0.3, -0.25) is 24.2 Å². The van der Waals surface area contributed by atoms with Crippen molar-refractivity contribution < 1.29 is 28.7 Å². The van der Waals surface area contributed by atoms with E-state index in [0.717, 1.165) is 0 Å². The number of pyridine rings is 1. The van der Waals surface area contributed by atoms with E-state index in [0.29, 0.717) is 11.3 Å². The molecule has 8 nitrogen and oxygen atoms in total. The summed E-state index contributed by atoms with van der Waals surface area (Å²) in [5.74, 6) is -3.60. The first kappa shape index (κ1) is 19.9. The Labute approximate surface area is 166 Å². The molecule has 1 aromatic carbocycles. The third kappa shape index (κ3) is 4.37. The lowest BCUT2D eigenvalue weighted by Gasteiger charge is -2.29. The van der Waals surface area contributed by atoms with E-state index >= 15 is 0 Å². The molecule has 0 atom stereocenters. The highest BCUT2D eigenvalue weighted by Gasteiger charge is 2.32. The average Bonchev–Trinajstić information content (AvgIpc) is 2.64. The zero-order valence-corrected chi connectivity index (χ0v) is 16.0. The number of carbonyl (C=O) groups excluding carboxylic acids is 4. The molecule has 148 valence electrons. The Balaban J connectivity index is 1.85. The Hall–Kier alpha value is -3.81. The second-order valence-electron chi connectivity index (χ2n) is 6.49. The maximum absolute atomic E-state index is 12.7. The average molecular weight is 394 g/mol. The molecule has 29 heavy (non-hydrogen) atoms. The van der Waals surface area contributed by atoms with E-state index in [1.807, 2.05) is 0 Å². The van der Waals surface area contributed by atoms with Crippen LogP contribution < -0.4 is 5.32 Å². The number of rotatable bonds is 5. The minimum absolute atomic E-state index is 0.137. The minimum atomic E-state index is -1.69. The van der Waals surface area contributed by atoms with Crippen molar-refractivity contribution in [3.63, 3.8) is 0 Å². The predicted molar refractivity (Wildman–Crippen MR) is 103 cm³/mol. The molecule has 1 N–H and O–H groups in total. The van der Waals surface area contributed by atoms with Gasteiger partial charge in [-0.25, -0.2) is 0 Å². The number of hydrogen-bond donors (Lipinski definition) is 1. The molecule has 1 aliphatic rings. The van der Waals surface area contributed by atoms with Crippen LogP contribution in [0.4, 0.5) is 5.69 Å². The number of allylic oxidation sites excluding steroid dienone is 2. The van der Waals surface area contributed by atoms with Gasteiger partial charge in [0.15, 0.2) is 5.78 Å². The summed E-state index contributed by atoms with van der Waals surface area (Å²) in [6.07, 6.45) is 2.73. The Bertz CT molecular complexity index is 1020. The summed E-state index contributed by atoms with van der Waals surface area (Å²) in [6.45, 7) is 3.77. The second-order valence-corrected chi connectivity index (χ2v) is 6.49. The fourth-order valence-electron chi connectivity index (χ4n) is 3.03. The molecule has 1 aromatic heterocycles. The number of aromatic nitrogens is 1. The van der Waals surface area contributed by atoms with Crippen LogP contribution in [0.3, 0.4) is 0 Å². The summed E-state index contributed by atoms with van der Waals surface area (Å²) in [6, 6.07) is 9.64. The summed E-state index contributed by atoms with van der Waals surface area (Å²) < 4.78 is 10.1. The van der Waals surface area contributed by atoms with Crippen molar-refractivity contribution in [2.75, 3.05) is 5.32 Å². The molecule has 3 rings (SSSR count). The van der Waals surface area contributed by atoms with E-state index in [-0.39, 0.29) is 28.4 Å². The van der Waals surface area contributed by atoms with Crippen LogP contribution in [0.25, 0.3) is 5.57 Å². The van der Waals surface area contributed by atoms with Crippen molar-refractivity contribution in [1.29, 1.82) is 0 Å². The van der Waals surface area contributed by atoms with E-state index in [9.17, 15) is 19.2 Å². The summed E-state index contributed by atoms with van der Waals surface area (Å²) in [5.41, 5.74) is 1.65. The van der Waals surface area contributed by atoms with Crippen LogP contribution in [-0.4, -0.2) is 34.4 Å². The van der Waals surface area contributed by atoms with Gasteiger partial charge in [0.1, 0.15) is 5.69 Å². The van der Waals surface area contributed by atoms with Gasteiger partial charge in [0.2, 0.25) is 5.78 Å². The fourth-order valence-corrected chi connectivity index (χ4v) is 3.03. The Morgan fingerprint density at radius 3 is 2.21 bits per heavy atom. The van der Waals surface area contributed by atoms with Crippen LogP contribution in [-0.2, 0) is 19.1 Å². The van der Waals surface area contributed by atoms with Crippen molar-refractivity contribution >= 4 is 34.8 Å². The molecule has 0 saturated heterocycles. The third-order valence-corrected chi connectivity index (χ3v) is 4.05. The monoisotopic (exact) mass is 394 g/mol. The number of Topliss-reactive ketones (excluding diaryl/α,β-unsaturated/α-hetero) is 1. The van der Waals surface area contributed by atoms with E-state index < -0.39 is 17.8 Å². The maximum Gasteiger partial charge on any atom is 0.337 e. The van der Waals surface area contributed by atoms with Gasteiger partial charge in [-0.15, -0.1) is 0 Å². The standard InChI is InChI=1S/C21H18N2O6/c1-12(24)28-21(3,29-13(2)25)23-15-8-6-14(7-9-15)17-11-18(26)19-16(20(17)27)5-4-10-22-19/h4-11,23H,1-3H3. The number of esters is 2. The highest BCUT2D eigenvalue weighted by Crippen LogP contribution is 2.28. The molecule has 0 aliphatic heterocycles. The van der Waals surface area contributed by atoms with E-state index in [2.05, 4.69) is 10.3 Å². The topological polar surface area (TPSA) is 112 Å². The molecule has 0 amide bonds. The molecule has 0 radical (unpaired) electrons. The van der Waals surface area contributed by atoms with Gasteiger partial charge in [-0.1, -0.05) is 12.1 Å². The number of ketones is 2. The van der Waals surface area contributed by atoms with Crippen LogP contribution >= 0.6 is 0 Å². The Morgan fingerprint density at radius 1 is 1.00 bits per heavy atom. The molecule has 0 fully saturated rings. The molecule has 2 aromatic rings. The van der Waals surface area contributed by atoms with Gasteiger partial charge in [0, 0.05) is 38.2 Å². The Morgan fingerprint density at radius 2 is 1.62 bits per heavy atom. The maximum atomic E-state index is 12.7. The minimum Gasteiger partial charge on any atom is -0.404 e. The predicted octanol–water partition coefficient (Wildman–Crippen LogP) is 2.76. The Kier molecular flexibility index (Phi) is 5.27. The lowest BCUT2D eigenvalue weighted by Crippen LogP contribution is -2.43. The number of nitrogens with zero attached hydrogens (tertiary/aromatic N) is 1. The van der Waals surface area contributed by atoms with E-state index in [4.69, 9.17) is 9.47 Å². The number of nitrogens with one attached hydrogen (secondary N) is 1. The molecule has 0 unspecified atom stereocenters. The molecular formula is C21H18N2O6. The first-order valence-corrected chi connectivity index (χ1v) is 8.72. The zero-order chi connectivity index (χ0) is 21.2. The molecule has 0 bridgehead atoms. The summed E-state index contributed by atoms with van der Waals surface area (Å²) >= 11 is 0. The second kappa shape index (κ2) is 7.67. The van der Waals surface area contributed by atoms with Crippen molar-refractivity contribution in [3.05, 3.63) is 65.5 Å². The van der Waals surface area contributed by atoms with Crippen LogP contribution in [0.15, 0.2) is 48.7 Å². The van der Waals surface area contributed by atoms with Gasteiger partial charge in [0.25, 0.3) is 0 Å². The SMILES string of the molecule is CC(=O)OC(C)(Nc1ccc(C2=CC(=O)c3ncccc3C2=O)cc1)OC(C)=O. The molecule has 8 heteroatoms. The van der Waals surface area contributed by atoms with Crippen molar-refractivity contribution in [2.24, 2.45) is 0 Å². The van der Waals surface area contributed by atoms with Gasteiger partial charge in [-0.05, 0) is 35.9 Å². The summed E-state index contributed by atoms with van der Waals surface area (Å²) in [5, 5.41) is 2.82. The highest BCUT2D eigenvalue weighted by molar-refractivity contribution is 6.38. The van der Waals surface area contributed by atoms with E-state index in [1.165, 1.54) is 33.0 Å². The largest absolute Gasteiger partial charge is 0.404 e. The summed E-state index contributed by atoms with van der Waals surface area (Å²) in [7, 11) is 0. The fraction of sp³-hybridized carbons (Fsp3) is 0.190. The molecule has 1 aliphatic carbocycles. The summed E-state index contributed by atoms with van der Waals surface area (Å²) in [4.78, 5) is 51.6. The first-order chi connectivity index (χ1) is 13.7. The molecular weight excluding hydrogens is 376 g/mol. The lowest BCUT2D eigenvalue weighted by molar-refractivity contribution is -0.209. The number of hydrogen-bond acceptors (Lipinski definition) is 8. The zero-order valence-electron chi connectivity index (χ0n) is 16.0. The van der Waals surface area contributed by atoms with Crippen LogP contribution in [0, 0.1) is 0 Å². The number of benzene rings is 1. The van der Waals surface area contributed by atoms with Gasteiger partial charge < -0.3 is 14.8 Å². The number of anilines is 1. The van der Waals surface area contributed by atoms with Crippen molar-refractivity contribution in [1.82, 2.24) is 4.98 Å². The van der Waals surface area contributed by atoms with Crippen LogP contribution in [0.1, 0.15) is 47.2 Å². The first-order valence-electron chi connectivity index (χ1n) is 8.72. The lowest BCUT2D eigenvalue weighted by atomic mass is 9.89. The normalized spacial score (nSPS) is 13.3. The smallest absolute Gasteiger partial charge is 0.337 e. The van der Waals surface area contributed by atoms with Gasteiger partial charge in [0.05, 0.1) is 5.56 Å². The van der Waals surface area contributed by atoms with Crippen molar-refractivity contribution in [3.8, 4) is 0 Å². The van der Waals surface area contributed by atoms with Crippen molar-refractivity contribution in [2.45, 2.75) is 26.7 Å². The van der Waals surface area contributed by atoms with Crippen LogP contribution in [0.2, 0.25) is 0 Å². The molecule has 0 spiro atoms. The highest BCUT2D eigenvalue weighted by atomic mass is 16.7. The van der Waals surface area contributed by atoms with Gasteiger partial charge in [-0.2, -0.15) is 0 Å². The quantitative estimate of drug-likeness (QED) is 0.609. The number of carbonyl (C=O) groups is 4. The number of ether oxygens (including phenoxy) is 2. The third-order valence-electron chi connectivity index (χ3n) is 4.05.